The van der Waals surface area contributed by atoms with E-state index in [1.807, 2.05) is 55.1 Å². The summed E-state index contributed by atoms with van der Waals surface area (Å²) in [5.74, 6) is 0.390. The standard InChI is InChI=1S/C23H23N5O3/c1-3-28(4-2)22-21(26-17-7-5-6-8-18(17)27-22)16(12-24)23(29)25-13-15-9-10-19-20(11-15)31-14-30-19/h5-11,16H,3-4,13-14H2,1-2H3,(H,25,29)/t16-/m0/s1. The lowest BCUT2D eigenvalue weighted by Gasteiger charge is -2.24. The van der Waals surface area contributed by atoms with Gasteiger partial charge in [-0.25, -0.2) is 9.97 Å². The molecule has 2 aromatic carbocycles. The van der Waals surface area contributed by atoms with E-state index in [0.717, 1.165) is 11.1 Å². The molecule has 0 radical (unpaired) electrons. The van der Waals surface area contributed by atoms with E-state index in [1.54, 1.807) is 6.07 Å². The van der Waals surface area contributed by atoms with E-state index in [2.05, 4.69) is 16.4 Å². The summed E-state index contributed by atoms with van der Waals surface area (Å²) >= 11 is 0. The number of nitriles is 1. The summed E-state index contributed by atoms with van der Waals surface area (Å²) in [5, 5.41) is 12.7. The number of aromatic nitrogens is 2. The molecule has 8 nitrogen and oxygen atoms in total. The number of anilines is 1. The number of benzene rings is 2. The minimum atomic E-state index is -1.08. The Balaban J connectivity index is 1.62. The van der Waals surface area contributed by atoms with Crippen LogP contribution in [0.15, 0.2) is 42.5 Å². The molecule has 4 rings (SSSR count). The lowest BCUT2D eigenvalue weighted by molar-refractivity contribution is -0.121. The number of rotatable bonds is 7. The second kappa shape index (κ2) is 8.88. The number of hydrogen-bond acceptors (Lipinski definition) is 7. The fourth-order valence-corrected chi connectivity index (χ4v) is 3.54. The lowest BCUT2D eigenvalue weighted by Crippen LogP contribution is -2.32. The van der Waals surface area contributed by atoms with Crippen LogP contribution in [0.25, 0.3) is 11.0 Å². The van der Waals surface area contributed by atoms with Crippen molar-refractivity contribution < 1.29 is 14.3 Å². The van der Waals surface area contributed by atoms with Gasteiger partial charge in [0.05, 0.1) is 17.1 Å². The topological polar surface area (TPSA) is 100 Å². The molecule has 0 saturated heterocycles. The van der Waals surface area contributed by atoms with Crippen molar-refractivity contribution in [1.29, 1.82) is 5.26 Å². The molecule has 8 heteroatoms. The molecule has 1 aliphatic rings. The highest BCUT2D eigenvalue weighted by atomic mass is 16.7. The van der Waals surface area contributed by atoms with Gasteiger partial charge in [0.25, 0.3) is 0 Å². The summed E-state index contributed by atoms with van der Waals surface area (Å²) in [7, 11) is 0. The van der Waals surface area contributed by atoms with E-state index < -0.39 is 11.8 Å². The van der Waals surface area contributed by atoms with Gasteiger partial charge in [-0.15, -0.1) is 0 Å². The first-order chi connectivity index (χ1) is 15.1. The Bertz CT molecular complexity index is 1150. The molecule has 158 valence electrons. The molecule has 0 saturated carbocycles. The first-order valence-corrected chi connectivity index (χ1v) is 10.2. The van der Waals surface area contributed by atoms with Gasteiger partial charge in [-0.1, -0.05) is 18.2 Å². The zero-order chi connectivity index (χ0) is 21.8. The van der Waals surface area contributed by atoms with Crippen LogP contribution in [-0.2, 0) is 11.3 Å². The molecule has 1 N–H and O–H groups in total. The molecule has 3 aromatic rings. The molecule has 0 aliphatic carbocycles. The zero-order valence-electron chi connectivity index (χ0n) is 17.5. The molecular formula is C23H23N5O3. The van der Waals surface area contributed by atoms with Gasteiger partial charge < -0.3 is 19.7 Å². The van der Waals surface area contributed by atoms with Gasteiger partial charge in [0.2, 0.25) is 12.7 Å². The summed E-state index contributed by atoms with van der Waals surface area (Å²) in [6, 6.07) is 15.1. The van der Waals surface area contributed by atoms with E-state index in [1.165, 1.54) is 0 Å². The van der Waals surface area contributed by atoms with E-state index in [-0.39, 0.29) is 13.3 Å². The molecule has 0 fully saturated rings. The van der Waals surface area contributed by atoms with Crippen molar-refractivity contribution in [3.63, 3.8) is 0 Å². The smallest absolute Gasteiger partial charge is 0.243 e. The predicted octanol–water partition coefficient (Wildman–Crippen LogP) is 3.13. The highest BCUT2D eigenvalue weighted by Crippen LogP contribution is 2.32. The average molecular weight is 417 g/mol. The first-order valence-electron chi connectivity index (χ1n) is 10.2. The van der Waals surface area contributed by atoms with Crippen molar-refractivity contribution >= 4 is 22.8 Å². The number of carbonyl (C=O) groups is 1. The Kier molecular flexibility index (Phi) is 5.85. The minimum Gasteiger partial charge on any atom is -0.454 e. The molecule has 1 amide bonds. The fourth-order valence-electron chi connectivity index (χ4n) is 3.54. The van der Waals surface area contributed by atoms with Gasteiger partial charge in [-0.2, -0.15) is 5.26 Å². The molecule has 0 unspecified atom stereocenters. The largest absolute Gasteiger partial charge is 0.454 e. The average Bonchev–Trinajstić information content (AvgIpc) is 3.27. The maximum Gasteiger partial charge on any atom is 0.243 e. The maximum atomic E-state index is 13.0. The first kappa shape index (κ1) is 20.4. The van der Waals surface area contributed by atoms with Crippen LogP contribution in [-0.4, -0.2) is 35.8 Å². The molecule has 0 spiro atoms. The van der Waals surface area contributed by atoms with Crippen molar-refractivity contribution in [3.8, 4) is 17.6 Å². The molecule has 0 bridgehead atoms. The van der Waals surface area contributed by atoms with E-state index in [0.29, 0.717) is 41.6 Å². The van der Waals surface area contributed by atoms with Crippen LogP contribution in [0, 0.1) is 11.3 Å². The fraction of sp³-hybridized carbons (Fsp3) is 0.304. The predicted molar refractivity (Wildman–Crippen MR) is 116 cm³/mol. The number of hydrogen-bond donors (Lipinski definition) is 1. The van der Waals surface area contributed by atoms with Gasteiger partial charge in [-0.3, -0.25) is 4.79 Å². The van der Waals surface area contributed by atoms with Crippen LogP contribution in [0.5, 0.6) is 11.5 Å². The third-order valence-corrected chi connectivity index (χ3v) is 5.21. The van der Waals surface area contributed by atoms with Gasteiger partial charge in [0.15, 0.2) is 23.2 Å². The van der Waals surface area contributed by atoms with Crippen LogP contribution in [0.2, 0.25) is 0 Å². The molecule has 31 heavy (non-hydrogen) atoms. The van der Waals surface area contributed by atoms with Crippen LogP contribution in [0.4, 0.5) is 5.82 Å². The van der Waals surface area contributed by atoms with Crippen LogP contribution in [0.1, 0.15) is 31.0 Å². The lowest BCUT2D eigenvalue weighted by atomic mass is 10.0. The Hall–Kier alpha value is -3.86. The highest BCUT2D eigenvalue weighted by molar-refractivity contribution is 5.88. The molecule has 1 atom stereocenters. The van der Waals surface area contributed by atoms with E-state index in [9.17, 15) is 10.1 Å². The van der Waals surface area contributed by atoms with Crippen LogP contribution < -0.4 is 19.7 Å². The highest BCUT2D eigenvalue weighted by Gasteiger charge is 2.28. The van der Waals surface area contributed by atoms with E-state index >= 15 is 0 Å². The van der Waals surface area contributed by atoms with Crippen LogP contribution in [0.3, 0.4) is 0 Å². The second-order valence-electron chi connectivity index (χ2n) is 7.06. The summed E-state index contributed by atoms with van der Waals surface area (Å²) in [6.07, 6.45) is 0. The normalized spacial score (nSPS) is 12.9. The number of amides is 1. The molecular weight excluding hydrogens is 394 g/mol. The van der Waals surface area contributed by atoms with Gasteiger partial charge >= 0.3 is 0 Å². The molecule has 1 aliphatic heterocycles. The Morgan fingerprint density at radius 1 is 1.13 bits per heavy atom. The number of carbonyl (C=O) groups excluding carboxylic acids is 1. The number of nitrogens with zero attached hydrogens (tertiary/aromatic N) is 4. The third-order valence-electron chi connectivity index (χ3n) is 5.21. The maximum absolute atomic E-state index is 13.0. The minimum absolute atomic E-state index is 0.191. The number of para-hydroxylation sites is 2. The van der Waals surface area contributed by atoms with Crippen molar-refractivity contribution in [2.75, 3.05) is 24.8 Å². The van der Waals surface area contributed by atoms with Crippen LogP contribution >= 0.6 is 0 Å². The Labute approximate surface area is 180 Å². The Morgan fingerprint density at radius 3 is 2.55 bits per heavy atom. The Morgan fingerprint density at radius 2 is 1.84 bits per heavy atom. The second-order valence-corrected chi connectivity index (χ2v) is 7.06. The summed E-state index contributed by atoms with van der Waals surface area (Å²) < 4.78 is 10.7. The van der Waals surface area contributed by atoms with Gasteiger partial charge in [0.1, 0.15) is 5.69 Å². The van der Waals surface area contributed by atoms with Gasteiger partial charge in [0, 0.05) is 19.6 Å². The van der Waals surface area contributed by atoms with Crippen molar-refractivity contribution in [2.24, 2.45) is 0 Å². The van der Waals surface area contributed by atoms with Crippen molar-refractivity contribution in [2.45, 2.75) is 26.3 Å². The van der Waals surface area contributed by atoms with E-state index in [4.69, 9.17) is 14.5 Å². The molecule has 1 aromatic heterocycles. The van der Waals surface area contributed by atoms with Crippen molar-refractivity contribution in [3.05, 3.63) is 53.7 Å². The summed E-state index contributed by atoms with van der Waals surface area (Å²) in [4.78, 5) is 24.4. The number of nitrogens with one attached hydrogen (secondary N) is 1. The summed E-state index contributed by atoms with van der Waals surface area (Å²) in [6.45, 7) is 5.84. The number of ether oxygens (including phenoxy) is 2. The van der Waals surface area contributed by atoms with Crippen molar-refractivity contribution in [1.82, 2.24) is 15.3 Å². The summed E-state index contributed by atoms with van der Waals surface area (Å²) in [5.41, 5.74) is 2.60. The monoisotopic (exact) mass is 417 g/mol. The van der Waals surface area contributed by atoms with Gasteiger partial charge in [-0.05, 0) is 43.7 Å². The third kappa shape index (κ3) is 4.08. The zero-order valence-corrected chi connectivity index (χ0v) is 17.5. The SMILES string of the molecule is CCN(CC)c1nc2ccccc2nc1[C@H](C#N)C(=O)NCc1ccc2c(c1)OCO2. The quantitative estimate of drug-likeness (QED) is 0.630. The number of fused-ring (bicyclic) bond motifs is 2. The molecule has 2 heterocycles.